The van der Waals surface area contributed by atoms with Crippen LogP contribution in [0.25, 0.3) is 10.2 Å². The van der Waals surface area contributed by atoms with Gasteiger partial charge in [-0.2, -0.15) is 5.10 Å². The van der Waals surface area contributed by atoms with E-state index in [1.54, 1.807) is 17.5 Å². The molecular weight excluding hydrogens is 502 g/mol. The van der Waals surface area contributed by atoms with Crippen LogP contribution in [-0.2, 0) is 11.3 Å². The van der Waals surface area contributed by atoms with Crippen LogP contribution in [0.4, 0.5) is 16.8 Å². The Hall–Kier alpha value is -2.53. The van der Waals surface area contributed by atoms with Crippen LogP contribution in [0.1, 0.15) is 12.0 Å². The van der Waals surface area contributed by atoms with E-state index < -0.39 is 0 Å². The first kappa shape index (κ1) is 22.3. The van der Waals surface area contributed by atoms with E-state index >= 15 is 0 Å². The van der Waals surface area contributed by atoms with Crippen LogP contribution in [-0.4, -0.2) is 64.0 Å². The highest BCUT2D eigenvalue weighted by atomic mass is 79.9. The maximum atomic E-state index is 5.43. The molecule has 10 heteroatoms. The molecule has 172 valence electrons. The summed E-state index contributed by atoms with van der Waals surface area (Å²) in [4.78, 5) is 12.0. The average Bonchev–Trinajstić information content (AvgIpc) is 3.46. The lowest BCUT2D eigenvalue weighted by Gasteiger charge is -2.26. The SMILES string of the molecule is Brc1ccc2nc(Nc3cc(Cn4cccn4)cc(NCCCN4CCOCC4)n3)sc2c1. The minimum Gasteiger partial charge on any atom is -0.379 e. The number of hydrogen-bond donors (Lipinski definition) is 2. The van der Waals surface area contributed by atoms with Crippen molar-refractivity contribution < 1.29 is 4.74 Å². The van der Waals surface area contributed by atoms with Crippen molar-refractivity contribution in [2.75, 3.05) is 50.0 Å². The van der Waals surface area contributed by atoms with Crippen molar-refractivity contribution in [3.63, 3.8) is 0 Å². The molecular formula is C23H26BrN7OS. The van der Waals surface area contributed by atoms with Gasteiger partial charge < -0.3 is 15.4 Å². The smallest absolute Gasteiger partial charge is 0.189 e. The molecule has 0 atom stereocenters. The van der Waals surface area contributed by atoms with Crippen LogP contribution < -0.4 is 10.6 Å². The Morgan fingerprint density at radius 1 is 1.09 bits per heavy atom. The van der Waals surface area contributed by atoms with Crippen molar-refractivity contribution in [1.82, 2.24) is 24.6 Å². The van der Waals surface area contributed by atoms with Crippen molar-refractivity contribution in [1.29, 1.82) is 0 Å². The highest BCUT2D eigenvalue weighted by Crippen LogP contribution is 2.30. The summed E-state index contributed by atoms with van der Waals surface area (Å²) >= 11 is 5.15. The predicted molar refractivity (Wildman–Crippen MR) is 137 cm³/mol. The number of thiazole rings is 1. The number of nitrogens with zero attached hydrogens (tertiary/aromatic N) is 5. The summed E-state index contributed by atoms with van der Waals surface area (Å²) in [7, 11) is 0. The molecule has 4 heterocycles. The van der Waals surface area contributed by atoms with Crippen LogP contribution in [0.15, 0.2) is 53.3 Å². The Balaban J connectivity index is 1.29. The number of aromatic nitrogens is 4. The van der Waals surface area contributed by atoms with Gasteiger partial charge in [0.1, 0.15) is 11.6 Å². The number of morpholine rings is 1. The van der Waals surface area contributed by atoms with Crippen molar-refractivity contribution in [3.8, 4) is 0 Å². The highest BCUT2D eigenvalue weighted by molar-refractivity contribution is 9.10. The molecule has 4 aromatic rings. The quantitative estimate of drug-likeness (QED) is 0.308. The Morgan fingerprint density at radius 2 is 1.97 bits per heavy atom. The molecule has 3 aromatic heterocycles. The van der Waals surface area contributed by atoms with Crippen LogP contribution >= 0.6 is 27.3 Å². The number of rotatable bonds is 9. The summed E-state index contributed by atoms with van der Waals surface area (Å²) in [6.45, 7) is 6.32. The van der Waals surface area contributed by atoms with E-state index in [4.69, 9.17) is 14.7 Å². The first-order valence-electron chi connectivity index (χ1n) is 11.1. The standard InChI is InChI=1S/C23H26BrN7OS/c24-18-3-4-19-20(15-18)33-23(27-19)29-22-14-17(16-31-8-2-6-26-31)13-21(28-22)25-5-1-7-30-9-11-32-12-10-30/h2-4,6,8,13-15H,1,5,7,9-12,16H2,(H2,25,27,28,29). The fraction of sp³-hybridized carbons (Fsp3) is 0.348. The van der Waals surface area contributed by atoms with E-state index in [-0.39, 0.29) is 0 Å². The fourth-order valence-corrected chi connectivity index (χ4v) is 5.24. The maximum absolute atomic E-state index is 5.43. The lowest BCUT2D eigenvalue weighted by atomic mass is 10.2. The molecule has 2 N–H and O–H groups in total. The minimum absolute atomic E-state index is 0.680. The molecule has 8 nitrogen and oxygen atoms in total. The molecule has 1 aliphatic rings. The molecule has 1 saturated heterocycles. The predicted octanol–water partition coefficient (Wildman–Crippen LogP) is 4.58. The molecule has 0 radical (unpaired) electrons. The second-order valence-electron chi connectivity index (χ2n) is 7.94. The van der Waals surface area contributed by atoms with Gasteiger partial charge in [-0.15, -0.1) is 0 Å². The number of fused-ring (bicyclic) bond motifs is 1. The van der Waals surface area contributed by atoms with Gasteiger partial charge >= 0.3 is 0 Å². The van der Waals surface area contributed by atoms with Crippen molar-refractivity contribution in [3.05, 3.63) is 58.8 Å². The van der Waals surface area contributed by atoms with E-state index in [2.05, 4.69) is 54.8 Å². The van der Waals surface area contributed by atoms with E-state index in [1.165, 1.54) is 0 Å². The molecule has 33 heavy (non-hydrogen) atoms. The molecule has 0 amide bonds. The Labute approximate surface area is 205 Å². The van der Waals surface area contributed by atoms with Gasteiger partial charge in [-0.25, -0.2) is 9.97 Å². The van der Waals surface area contributed by atoms with Gasteiger partial charge in [-0.1, -0.05) is 27.3 Å². The van der Waals surface area contributed by atoms with Gasteiger partial charge in [0, 0.05) is 36.5 Å². The zero-order chi connectivity index (χ0) is 22.5. The van der Waals surface area contributed by atoms with E-state index in [9.17, 15) is 0 Å². The number of pyridine rings is 1. The number of benzene rings is 1. The Bertz CT molecular complexity index is 1190. The third kappa shape index (κ3) is 6.08. The summed E-state index contributed by atoms with van der Waals surface area (Å²) in [5.41, 5.74) is 2.09. The zero-order valence-electron chi connectivity index (χ0n) is 18.2. The third-order valence-electron chi connectivity index (χ3n) is 5.44. The molecule has 0 bridgehead atoms. The van der Waals surface area contributed by atoms with Crippen LogP contribution in [0.5, 0.6) is 0 Å². The molecule has 0 saturated carbocycles. The van der Waals surface area contributed by atoms with E-state index in [0.717, 1.165) is 82.8 Å². The highest BCUT2D eigenvalue weighted by Gasteiger charge is 2.11. The van der Waals surface area contributed by atoms with Gasteiger partial charge in [0.05, 0.1) is 30.0 Å². The lowest BCUT2D eigenvalue weighted by molar-refractivity contribution is 0.0378. The molecule has 5 rings (SSSR count). The fourth-order valence-electron chi connectivity index (χ4n) is 3.82. The van der Waals surface area contributed by atoms with Gasteiger partial charge in [-0.05, 0) is 54.9 Å². The summed E-state index contributed by atoms with van der Waals surface area (Å²) in [6.07, 6.45) is 4.82. The molecule has 0 aliphatic carbocycles. The summed E-state index contributed by atoms with van der Waals surface area (Å²) < 4.78 is 9.52. The van der Waals surface area contributed by atoms with Crippen molar-refractivity contribution >= 4 is 54.3 Å². The minimum atomic E-state index is 0.680. The summed E-state index contributed by atoms with van der Waals surface area (Å²) in [5, 5.41) is 12.1. The number of halogens is 1. The van der Waals surface area contributed by atoms with Gasteiger partial charge in [-0.3, -0.25) is 9.58 Å². The second-order valence-corrected chi connectivity index (χ2v) is 9.89. The first-order valence-corrected chi connectivity index (χ1v) is 12.7. The van der Waals surface area contributed by atoms with E-state index in [0.29, 0.717) is 6.54 Å². The van der Waals surface area contributed by atoms with Gasteiger partial charge in [0.25, 0.3) is 0 Å². The second kappa shape index (κ2) is 10.6. The molecule has 0 unspecified atom stereocenters. The Kier molecular flexibility index (Phi) is 7.15. The molecule has 1 aromatic carbocycles. The van der Waals surface area contributed by atoms with E-state index in [1.807, 2.05) is 29.1 Å². The Morgan fingerprint density at radius 3 is 2.82 bits per heavy atom. The number of hydrogen-bond acceptors (Lipinski definition) is 8. The van der Waals surface area contributed by atoms with Crippen LogP contribution in [0.3, 0.4) is 0 Å². The summed E-state index contributed by atoms with van der Waals surface area (Å²) in [5.74, 6) is 1.63. The number of anilines is 3. The molecule has 1 fully saturated rings. The largest absolute Gasteiger partial charge is 0.379 e. The topological polar surface area (TPSA) is 80.1 Å². The monoisotopic (exact) mass is 527 g/mol. The first-order chi connectivity index (χ1) is 16.2. The average molecular weight is 528 g/mol. The number of ether oxygens (including phenoxy) is 1. The maximum Gasteiger partial charge on any atom is 0.189 e. The molecule has 0 spiro atoms. The van der Waals surface area contributed by atoms with Gasteiger partial charge in [0.15, 0.2) is 5.13 Å². The van der Waals surface area contributed by atoms with Crippen molar-refractivity contribution in [2.24, 2.45) is 0 Å². The van der Waals surface area contributed by atoms with Gasteiger partial charge in [0.2, 0.25) is 0 Å². The summed E-state index contributed by atoms with van der Waals surface area (Å²) in [6, 6.07) is 12.2. The number of nitrogens with one attached hydrogen (secondary N) is 2. The lowest BCUT2D eigenvalue weighted by Crippen LogP contribution is -2.37. The normalized spacial score (nSPS) is 14.6. The third-order valence-corrected chi connectivity index (χ3v) is 6.86. The van der Waals surface area contributed by atoms with Crippen LogP contribution in [0, 0.1) is 0 Å². The molecule has 1 aliphatic heterocycles. The zero-order valence-corrected chi connectivity index (χ0v) is 20.6. The van der Waals surface area contributed by atoms with Crippen molar-refractivity contribution in [2.45, 2.75) is 13.0 Å². The van der Waals surface area contributed by atoms with Crippen LogP contribution in [0.2, 0.25) is 0 Å².